The van der Waals surface area contributed by atoms with Crippen molar-refractivity contribution in [1.82, 2.24) is 4.98 Å². The van der Waals surface area contributed by atoms with Crippen molar-refractivity contribution < 1.29 is 0 Å². The van der Waals surface area contributed by atoms with E-state index in [-0.39, 0.29) is 0 Å². The van der Waals surface area contributed by atoms with Crippen LogP contribution in [0.25, 0.3) is 11.1 Å². The third-order valence-electron chi connectivity index (χ3n) is 3.25. The molecule has 0 fully saturated rings. The Bertz CT molecular complexity index is 712. The van der Waals surface area contributed by atoms with E-state index in [2.05, 4.69) is 56.6 Å². The summed E-state index contributed by atoms with van der Waals surface area (Å²) < 4.78 is 0.972. The summed E-state index contributed by atoms with van der Waals surface area (Å²) >= 11 is 3.59. The maximum absolute atomic E-state index is 4.51. The molecule has 0 saturated heterocycles. The van der Waals surface area contributed by atoms with Crippen LogP contribution in [0.3, 0.4) is 0 Å². The highest BCUT2D eigenvalue weighted by atomic mass is 79.9. The molecule has 0 aliphatic carbocycles. The highest BCUT2D eigenvalue weighted by molar-refractivity contribution is 9.10. The Hall–Kier alpha value is -2.13. The molecule has 0 saturated carbocycles. The summed E-state index contributed by atoms with van der Waals surface area (Å²) in [5, 5.41) is 3.35. The second kappa shape index (κ2) is 6.55. The van der Waals surface area contributed by atoms with Crippen molar-refractivity contribution in [1.29, 1.82) is 0 Å². The zero-order chi connectivity index (χ0) is 14.5. The average molecular weight is 339 g/mol. The first kappa shape index (κ1) is 13.8. The van der Waals surface area contributed by atoms with Gasteiger partial charge in [-0.25, -0.2) is 4.98 Å². The third kappa shape index (κ3) is 3.50. The molecular formula is C18H15BrN2. The highest BCUT2D eigenvalue weighted by Crippen LogP contribution is 2.27. The predicted molar refractivity (Wildman–Crippen MR) is 91.1 cm³/mol. The van der Waals surface area contributed by atoms with Gasteiger partial charge in [-0.1, -0.05) is 60.7 Å². The fourth-order valence-electron chi connectivity index (χ4n) is 2.14. The molecule has 0 unspecified atom stereocenters. The molecule has 3 heteroatoms. The van der Waals surface area contributed by atoms with Crippen LogP contribution in [-0.4, -0.2) is 4.98 Å². The Morgan fingerprint density at radius 3 is 2.19 bits per heavy atom. The number of pyridine rings is 1. The largest absolute Gasteiger partial charge is 0.365 e. The number of nitrogens with one attached hydrogen (secondary N) is 1. The van der Waals surface area contributed by atoms with Gasteiger partial charge in [-0.3, -0.25) is 0 Å². The van der Waals surface area contributed by atoms with Crippen molar-refractivity contribution >= 4 is 21.7 Å². The van der Waals surface area contributed by atoms with Gasteiger partial charge < -0.3 is 5.32 Å². The van der Waals surface area contributed by atoms with E-state index in [1.54, 1.807) is 0 Å². The molecule has 2 nitrogen and oxygen atoms in total. The standard InChI is InChI=1S/C18H15BrN2/c19-17-11-16(15-9-5-2-6-10-15)13-21-18(17)20-12-14-7-3-1-4-8-14/h1-11,13H,12H2,(H,20,21). The summed E-state index contributed by atoms with van der Waals surface area (Å²) in [7, 11) is 0. The summed E-state index contributed by atoms with van der Waals surface area (Å²) in [5.74, 6) is 0.860. The lowest BCUT2D eigenvalue weighted by Crippen LogP contribution is -2.02. The molecule has 3 aromatic rings. The Labute approximate surface area is 133 Å². The minimum atomic E-state index is 0.761. The molecule has 0 spiro atoms. The Morgan fingerprint density at radius 2 is 1.52 bits per heavy atom. The lowest BCUT2D eigenvalue weighted by molar-refractivity contribution is 1.11. The molecule has 0 bridgehead atoms. The topological polar surface area (TPSA) is 24.9 Å². The van der Waals surface area contributed by atoms with Gasteiger partial charge in [-0.05, 0) is 33.1 Å². The number of halogens is 1. The Morgan fingerprint density at radius 1 is 0.857 bits per heavy atom. The lowest BCUT2D eigenvalue weighted by Gasteiger charge is -2.09. The first-order valence-electron chi connectivity index (χ1n) is 6.82. The molecule has 1 N–H and O–H groups in total. The molecule has 0 radical (unpaired) electrons. The van der Waals surface area contributed by atoms with E-state index < -0.39 is 0 Å². The monoisotopic (exact) mass is 338 g/mol. The summed E-state index contributed by atoms with van der Waals surface area (Å²) in [6, 6.07) is 22.6. The number of anilines is 1. The Kier molecular flexibility index (Phi) is 4.31. The molecule has 0 atom stereocenters. The second-order valence-corrected chi connectivity index (χ2v) is 5.61. The van der Waals surface area contributed by atoms with Crippen molar-refractivity contribution in [2.75, 3.05) is 5.32 Å². The number of benzene rings is 2. The molecular weight excluding hydrogens is 324 g/mol. The van der Waals surface area contributed by atoms with Crippen LogP contribution in [0.5, 0.6) is 0 Å². The smallest absolute Gasteiger partial charge is 0.140 e. The summed E-state index contributed by atoms with van der Waals surface area (Å²) in [6.45, 7) is 0.761. The van der Waals surface area contributed by atoms with E-state index in [9.17, 15) is 0 Å². The van der Waals surface area contributed by atoms with Gasteiger partial charge in [-0.15, -0.1) is 0 Å². The minimum absolute atomic E-state index is 0.761. The van der Waals surface area contributed by atoms with Crippen LogP contribution in [0.15, 0.2) is 77.4 Å². The van der Waals surface area contributed by atoms with Crippen molar-refractivity contribution in [2.45, 2.75) is 6.54 Å². The molecule has 0 amide bonds. The van der Waals surface area contributed by atoms with Gasteiger partial charge in [0, 0.05) is 18.3 Å². The van der Waals surface area contributed by atoms with Crippen molar-refractivity contribution in [2.24, 2.45) is 0 Å². The Balaban J connectivity index is 1.76. The van der Waals surface area contributed by atoms with Crippen LogP contribution in [-0.2, 0) is 6.54 Å². The lowest BCUT2D eigenvalue weighted by atomic mass is 10.1. The molecule has 2 aromatic carbocycles. The number of hydrogen-bond acceptors (Lipinski definition) is 2. The van der Waals surface area contributed by atoms with Crippen molar-refractivity contribution in [3.05, 3.63) is 83.0 Å². The molecule has 3 rings (SSSR count). The molecule has 0 aliphatic rings. The molecule has 1 aromatic heterocycles. The summed E-state index contributed by atoms with van der Waals surface area (Å²) in [4.78, 5) is 4.51. The number of rotatable bonds is 4. The number of hydrogen-bond donors (Lipinski definition) is 1. The van der Waals surface area contributed by atoms with Crippen LogP contribution < -0.4 is 5.32 Å². The molecule has 21 heavy (non-hydrogen) atoms. The predicted octanol–water partition coefficient (Wildman–Crippen LogP) is 5.12. The second-order valence-electron chi connectivity index (χ2n) is 4.76. The SMILES string of the molecule is Brc1cc(-c2ccccc2)cnc1NCc1ccccc1. The van der Waals surface area contributed by atoms with Crippen LogP contribution in [0.1, 0.15) is 5.56 Å². The van der Waals surface area contributed by atoms with E-state index in [1.807, 2.05) is 42.6 Å². The first-order chi connectivity index (χ1) is 10.3. The van der Waals surface area contributed by atoms with Crippen LogP contribution in [0, 0.1) is 0 Å². The van der Waals surface area contributed by atoms with Crippen molar-refractivity contribution in [3.8, 4) is 11.1 Å². The van der Waals surface area contributed by atoms with E-state index in [0.29, 0.717) is 0 Å². The van der Waals surface area contributed by atoms with Gasteiger partial charge in [0.2, 0.25) is 0 Å². The van der Waals surface area contributed by atoms with E-state index in [0.717, 1.165) is 22.4 Å². The number of aromatic nitrogens is 1. The maximum Gasteiger partial charge on any atom is 0.140 e. The zero-order valence-corrected chi connectivity index (χ0v) is 13.0. The van der Waals surface area contributed by atoms with Crippen LogP contribution in [0.2, 0.25) is 0 Å². The third-order valence-corrected chi connectivity index (χ3v) is 3.86. The first-order valence-corrected chi connectivity index (χ1v) is 7.61. The van der Waals surface area contributed by atoms with Gasteiger partial charge in [0.15, 0.2) is 0 Å². The van der Waals surface area contributed by atoms with Gasteiger partial charge in [-0.2, -0.15) is 0 Å². The summed E-state index contributed by atoms with van der Waals surface area (Å²) in [6.07, 6.45) is 1.90. The van der Waals surface area contributed by atoms with Crippen LogP contribution in [0.4, 0.5) is 5.82 Å². The molecule has 0 aliphatic heterocycles. The van der Waals surface area contributed by atoms with Crippen LogP contribution >= 0.6 is 15.9 Å². The van der Waals surface area contributed by atoms with Gasteiger partial charge in [0.25, 0.3) is 0 Å². The van der Waals surface area contributed by atoms with E-state index in [1.165, 1.54) is 11.1 Å². The van der Waals surface area contributed by atoms with E-state index in [4.69, 9.17) is 0 Å². The van der Waals surface area contributed by atoms with E-state index >= 15 is 0 Å². The molecule has 1 heterocycles. The fourth-order valence-corrected chi connectivity index (χ4v) is 2.63. The zero-order valence-electron chi connectivity index (χ0n) is 11.5. The fraction of sp³-hybridized carbons (Fsp3) is 0.0556. The van der Waals surface area contributed by atoms with Gasteiger partial charge in [0.1, 0.15) is 5.82 Å². The maximum atomic E-state index is 4.51. The quantitative estimate of drug-likeness (QED) is 0.713. The summed E-state index contributed by atoms with van der Waals surface area (Å²) in [5.41, 5.74) is 3.51. The van der Waals surface area contributed by atoms with Gasteiger partial charge in [0.05, 0.1) is 4.47 Å². The normalized spacial score (nSPS) is 10.3. The molecule has 104 valence electrons. The van der Waals surface area contributed by atoms with Gasteiger partial charge >= 0.3 is 0 Å². The minimum Gasteiger partial charge on any atom is -0.365 e. The number of nitrogens with zero attached hydrogens (tertiary/aromatic N) is 1. The highest BCUT2D eigenvalue weighted by Gasteiger charge is 2.04. The van der Waals surface area contributed by atoms with Crippen molar-refractivity contribution in [3.63, 3.8) is 0 Å². The average Bonchev–Trinajstić information content (AvgIpc) is 2.55.